The number of hydrogen-bond donors (Lipinski definition) is 0. The minimum Gasteiger partial charge on any atom is -0.748 e. The molecule has 0 spiro atoms. The molecule has 2 aromatic rings. The Morgan fingerprint density at radius 3 is 2.74 bits per heavy atom. The molecule has 0 amide bonds. The van der Waals surface area contributed by atoms with Crippen LogP contribution < -0.4 is 4.57 Å². The molecule has 1 aromatic carbocycles. The average molecular weight is 317 g/mol. The van der Waals surface area contributed by atoms with Crippen molar-refractivity contribution in [2.45, 2.75) is 23.7 Å². The summed E-state index contributed by atoms with van der Waals surface area (Å²) in [5.41, 5.74) is 1.17. The van der Waals surface area contributed by atoms with Crippen LogP contribution in [0.1, 0.15) is 12.8 Å². The number of aryl methyl sites for hydroxylation is 1. The molecular weight excluding hydrogens is 302 g/mol. The molecule has 0 N–H and O–H groups in total. The van der Waals surface area contributed by atoms with Gasteiger partial charge in [0.1, 0.15) is 4.70 Å². The van der Waals surface area contributed by atoms with Gasteiger partial charge in [0.2, 0.25) is 5.52 Å². The maximum Gasteiger partial charge on any atom is 0.298 e. The Bertz CT molecular complexity index is 664. The number of rotatable bonds is 6. The molecule has 0 atom stereocenters. The van der Waals surface area contributed by atoms with Crippen LogP contribution in [-0.2, 0) is 16.7 Å². The Labute approximate surface area is 121 Å². The second kappa shape index (κ2) is 6.21. The van der Waals surface area contributed by atoms with Crippen molar-refractivity contribution in [1.82, 2.24) is 0 Å². The average Bonchev–Trinajstić information content (AvgIpc) is 2.71. The summed E-state index contributed by atoms with van der Waals surface area (Å²) < 4.78 is 36.3. The minimum absolute atomic E-state index is 0.274. The third-order valence-electron chi connectivity index (χ3n) is 2.77. The van der Waals surface area contributed by atoms with Crippen molar-refractivity contribution in [3.05, 3.63) is 24.3 Å². The zero-order valence-corrected chi connectivity index (χ0v) is 13.0. The molecule has 0 aliphatic rings. The molecule has 2 rings (SSSR count). The Balaban J connectivity index is 2.11. The highest BCUT2D eigenvalue weighted by atomic mass is 32.2. The summed E-state index contributed by atoms with van der Waals surface area (Å²) in [6.07, 6.45) is 3.14. The predicted octanol–water partition coefficient (Wildman–Crippen LogP) is 2.24. The summed E-state index contributed by atoms with van der Waals surface area (Å²) in [7, 11) is -4.09. The topological polar surface area (TPSA) is 61.1 Å². The zero-order chi connectivity index (χ0) is 13.9. The first-order valence-electron chi connectivity index (χ1n) is 5.90. The molecule has 7 heteroatoms. The van der Waals surface area contributed by atoms with Gasteiger partial charge in [-0.1, -0.05) is 23.5 Å². The molecule has 19 heavy (non-hydrogen) atoms. The number of benzene rings is 1. The fraction of sp³-hybridized carbons (Fsp3) is 0.417. The molecule has 0 saturated carbocycles. The van der Waals surface area contributed by atoms with E-state index < -0.39 is 10.1 Å². The lowest BCUT2D eigenvalue weighted by atomic mass is 10.3. The molecule has 0 aliphatic carbocycles. The van der Waals surface area contributed by atoms with E-state index in [9.17, 15) is 13.0 Å². The summed E-state index contributed by atoms with van der Waals surface area (Å²) >= 11 is 3.42. The van der Waals surface area contributed by atoms with Crippen LogP contribution in [-0.4, -0.2) is 25.0 Å². The first-order chi connectivity index (χ1) is 9.01. The van der Waals surface area contributed by atoms with Gasteiger partial charge >= 0.3 is 0 Å². The van der Waals surface area contributed by atoms with Crippen molar-refractivity contribution in [3.63, 3.8) is 0 Å². The lowest BCUT2D eigenvalue weighted by Gasteiger charge is -2.04. The van der Waals surface area contributed by atoms with E-state index in [4.69, 9.17) is 0 Å². The highest BCUT2D eigenvalue weighted by Crippen LogP contribution is 2.26. The lowest BCUT2D eigenvalue weighted by molar-refractivity contribution is -0.702. The van der Waals surface area contributed by atoms with Gasteiger partial charge in [0.15, 0.2) is 6.54 Å². The smallest absolute Gasteiger partial charge is 0.298 e. The molecule has 0 saturated heterocycles. The second-order valence-electron chi connectivity index (χ2n) is 4.16. The van der Waals surface area contributed by atoms with Crippen molar-refractivity contribution in [3.8, 4) is 0 Å². The van der Waals surface area contributed by atoms with E-state index in [0.29, 0.717) is 12.8 Å². The van der Waals surface area contributed by atoms with Crippen molar-refractivity contribution in [2.24, 2.45) is 0 Å². The molecule has 0 radical (unpaired) electrons. The molecule has 4 nitrogen and oxygen atoms in total. The van der Waals surface area contributed by atoms with Gasteiger partial charge in [-0.25, -0.2) is 8.42 Å². The van der Waals surface area contributed by atoms with Crippen LogP contribution in [0.3, 0.4) is 0 Å². The summed E-state index contributed by atoms with van der Waals surface area (Å²) in [5.74, 6) is -0.274. The predicted molar refractivity (Wildman–Crippen MR) is 77.6 cm³/mol. The number of para-hydroxylation sites is 1. The summed E-state index contributed by atoms with van der Waals surface area (Å²) in [6, 6.07) is 8.16. The normalized spacial score (nSPS) is 12.1. The van der Waals surface area contributed by atoms with Gasteiger partial charge in [-0.15, -0.1) is 0 Å². The number of hydrogen-bond acceptors (Lipinski definition) is 5. The fourth-order valence-electron chi connectivity index (χ4n) is 1.93. The van der Waals surface area contributed by atoms with Crippen LogP contribution in [0, 0.1) is 0 Å². The SMILES string of the molecule is CSc1sc2ccccc2[n+]1CCCCS(=O)(=O)[O-]. The first kappa shape index (κ1) is 14.8. The van der Waals surface area contributed by atoms with E-state index in [0.717, 1.165) is 6.54 Å². The number of aromatic nitrogens is 1. The van der Waals surface area contributed by atoms with E-state index in [1.54, 1.807) is 23.1 Å². The Hall–Kier alpha value is -0.630. The molecule has 0 aliphatic heterocycles. The molecule has 0 fully saturated rings. The summed E-state index contributed by atoms with van der Waals surface area (Å²) in [4.78, 5) is 0. The van der Waals surface area contributed by atoms with Crippen LogP contribution in [0.25, 0.3) is 10.2 Å². The number of fused-ring (bicyclic) bond motifs is 1. The standard InChI is InChI=1S/C12H15NO3S3/c1-17-12-13(8-4-5-9-19(14,15)16)10-6-2-3-7-11(10)18-12/h2-3,6-7H,4-5,8-9H2,1H3. The van der Waals surface area contributed by atoms with Crippen LogP contribution in [0.2, 0.25) is 0 Å². The lowest BCUT2D eigenvalue weighted by Crippen LogP contribution is -2.34. The Morgan fingerprint density at radius 2 is 2.05 bits per heavy atom. The number of unbranched alkanes of at least 4 members (excludes halogenated alkanes) is 1. The molecule has 0 unspecified atom stereocenters. The van der Waals surface area contributed by atoms with E-state index in [-0.39, 0.29) is 5.75 Å². The van der Waals surface area contributed by atoms with Crippen LogP contribution in [0.4, 0.5) is 0 Å². The van der Waals surface area contributed by atoms with Gasteiger partial charge in [0.05, 0.1) is 10.1 Å². The van der Waals surface area contributed by atoms with E-state index in [1.165, 1.54) is 14.6 Å². The van der Waals surface area contributed by atoms with Crippen molar-refractivity contribution >= 4 is 43.4 Å². The maximum absolute atomic E-state index is 10.6. The van der Waals surface area contributed by atoms with Gasteiger partial charge in [-0.2, -0.15) is 4.57 Å². The van der Waals surface area contributed by atoms with Gasteiger partial charge in [-0.3, -0.25) is 0 Å². The van der Waals surface area contributed by atoms with Crippen LogP contribution in [0.15, 0.2) is 28.6 Å². The Morgan fingerprint density at radius 1 is 1.32 bits per heavy atom. The van der Waals surface area contributed by atoms with Crippen molar-refractivity contribution < 1.29 is 17.5 Å². The van der Waals surface area contributed by atoms with Gasteiger partial charge in [0.25, 0.3) is 4.34 Å². The van der Waals surface area contributed by atoms with E-state index in [2.05, 4.69) is 16.7 Å². The molecule has 1 aromatic heterocycles. The third-order valence-corrected chi connectivity index (χ3v) is 5.84. The maximum atomic E-state index is 10.6. The minimum atomic E-state index is -4.09. The highest BCUT2D eigenvalue weighted by molar-refractivity contribution is 8.00. The zero-order valence-electron chi connectivity index (χ0n) is 10.5. The van der Waals surface area contributed by atoms with Crippen LogP contribution >= 0.6 is 23.1 Å². The molecule has 1 heterocycles. The molecular formula is C12H15NO3S3. The summed E-state index contributed by atoms with van der Waals surface area (Å²) in [6.45, 7) is 0.746. The number of thioether (sulfide) groups is 1. The largest absolute Gasteiger partial charge is 0.748 e. The van der Waals surface area contributed by atoms with Gasteiger partial charge in [0, 0.05) is 18.2 Å². The Kier molecular flexibility index (Phi) is 4.83. The second-order valence-corrected chi connectivity index (χ2v) is 7.77. The highest BCUT2D eigenvalue weighted by Gasteiger charge is 2.18. The van der Waals surface area contributed by atoms with Gasteiger partial charge in [-0.05, 0) is 30.5 Å². The molecule has 0 bridgehead atoms. The number of nitrogens with zero attached hydrogens (tertiary/aromatic N) is 1. The fourth-order valence-corrected chi connectivity index (χ4v) is 4.41. The number of thiazole rings is 1. The van der Waals surface area contributed by atoms with Crippen molar-refractivity contribution in [2.75, 3.05) is 12.0 Å². The summed E-state index contributed by atoms with van der Waals surface area (Å²) in [5, 5.41) is 0. The van der Waals surface area contributed by atoms with Gasteiger partial charge < -0.3 is 4.55 Å². The van der Waals surface area contributed by atoms with E-state index in [1.807, 2.05) is 18.4 Å². The molecule has 104 valence electrons. The van der Waals surface area contributed by atoms with E-state index >= 15 is 0 Å². The monoisotopic (exact) mass is 317 g/mol. The quantitative estimate of drug-likeness (QED) is 0.355. The van der Waals surface area contributed by atoms with Crippen molar-refractivity contribution in [1.29, 1.82) is 0 Å². The first-order valence-corrected chi connectivity index (χ1v) is 9.52. The van der Waals surface area contributed by atoms with Crippen LogP contribution in [0.5, 0.6) is 0 Å². The third kappa shape index (κ3) is 3.92.